The van der Waals surface area contributed by atoms with Gasteiger partial charge in [0.05, 0.1) is 12.6 Å². The molecule has 3 rings (SSSR count). The first-order valence-corrected chi connectivity index (χ1v) is 13.6. The minimum absolute atomic E-state index is 0.114. The fourth-order valence-corrected chi connectivity index (χ4v) is 4.61. The van der Waals surface area contributed by atoms with Gasteiger partial charge in [0.2, 0.25) is 5.78 Å². The smallest absolute Gasteiger partial charge is 0.408 e. The quantitative estimate of drug-likeness (QED) is 0.353. The zero-order chi connectivity index (χ0) is 29.4. The van der Waals surface area contributed by atoms with Crippen molar-refractivity contribution in [3.8, 4) is 0 Å². The lowest BCUT2D eigenvalue weighted by Gasteiger charge is -2.26. The number of aryl methyl sites for hydroxylation is 1. The van der Waals surface area contributed by atoms with E-state index in [9.17, 15) is 23.6 Å². The van der Waals surface area contributed by atoms with Crippen LogP contribution in [0.25, 0.3) is 0 Å². The van der Waals surface area contributed by atoms with Crippen molar-refractivity contribution >= 4 is 29.5 Å². The first-order valence-electron chi connectivity index (χ1n) is 13.6. The highest BCUT2D eigenvalue weighted by molar-refractivity contribution is 6.38. The summed E-state index contributed by atoms with van der Waals surface area (Å²) in [6.07, 6.45) is 0.182. The minimum atomic E-state index is -1.05. The van der Waals surface area contributed by atoms with E-state index < -0.39 is 47.2 Å². The molecule has 1 heterocycles. The molecule has 0 unspecified atom stereocenters. The predicted molar refractivity (Wildman–Crippen MR) is 150 cm³/mol. The molecule has 216 valence electrons. The summed E-state index contributed by atoms with van der Waals surface area (Å²) in [6, 6.07) is 11.5. The van der Waals surface area contributed by atoms with Crippen LogP contribution in [0.2, 0.25) is 0 Å². The number of nitrogens with zero attached hydrogens (tertiary/aromatic N) is 1. The van der Waals surface area contributed by atoms with Crippen molar-refractivity contribution in [2.75, 3.05) is 18.4 Å². The standard InChI is InChI=1S/C30H39FN4O5/c1-6-7-13-23(26(36)27(37)32-20(3)21-11-9-8-10-12-21)34-29(39)40-25-17-35(18-30(25,4)5)28(38)33-24-16-22(31)15-14-19(24)2/h8-12,14-16,20,23,25H,6-7,13,17-18H2,1-5H3,(H,32,37)(H,33,38)(H,34,39)/t20-,23+,25-/m1/s1. The Kier molecular flexibility index (Phi) is 10.3. The lowest BCUT2D eigenvalue weighted by atomic mass is 9.90. The molecule has 2 aromatic rings. The van der Waals surface area contributed by atoms with Gasteiger partial charge in [-0.05, 0) is 43.5 Å². The molecule has 0 bridgehead atoms. The van der Waals surface area contributed by atoms with Crippen LogP contribution < -0.4 is 16.0 Å². The van der Waals surface area contributed by atoms with Crippen LogP contribution in [0.4, 0.5) is 19.7 Å². The topological polar surface area (TPSA) is 117 Å². The van der Waals surface area contributed by atoms with Gasteiger partial charge in [0.25, 0.3) is 5.91 Å². The van der Waals surface area contributed by atoms with Crippen LogP contribution in [0.5, 0.6) is 0 Å². The van der Waals surface area contributed by atoms with Gasteiger partial charge in [-0.2, -0.15) is 0 Å². The number of anilines is 1. The summed E-state index contributed by atoms with van der Waals surface area (Å²) >= 11 is 0. The molecule has 3 N–H and O–H groups in total. The largest absolute Gasteiger partial charge is 0.444 e. The molecule has 1 saturated heterocycles. The van der Waals surface area contributed by atoms with Gasteiger partial charge in [-0.15, -0.1) is 0 Å². The first kappa shape index (κ1) is 30.6. The van der Waals surface area contributed by atoms with E-state index in [1.165, 1.54) is 17.0 Å². The lowest BCUT2D eigenvalue weighted by molar-refractivity contribution is -0.139. The second-order valence-electron chi connectivity index (χ2n) is 11.0. The molecule has 3 atom stereocenters. The maximum Gasteiger partial charge on any atom is 0.408 e. The SMILES string of the molecule is CCCC[C@H](NC(=O)O[C@@H]1CN(C(=O)Nc2cc(F)ccc2C)CC1(C)C)C(=O)C(=O)N[C@H](C)c1ccccc1. The third-order valence-corrected chi connectivity index (χ3v) is 7.16. The highest BCUT2D eigenvalue weighted by Crippen LogP contribution is 2.32. The number of carbonyl (C=O) groups excluding carboxylic acids is 4. The van der Waals surface area contributed by atoms with Gasteiger partial charge < -0.3 is 25.6 Å². The molecule has 1 fully saturated rings. The number of carbonyl (C=O) groups is 4. The average Bonchev–Trinajstić information content (AvgIpc) is 3.22. The number of likely N-dealkylation sites (tertiary alicyclic amines) is 1. The zero-order valence-corrected chi connectivity index (χ0v) is 23.8. The van der Waals surface area contributed by atoms with E-state index in [2.05, 4.69) is 16.0 Å². The van der Waals surface area contributed by atoms with Crippen LogP contribution >= 0.6 is 0 Å². The Hall–Kier alpha value is -3.95. The Labute approximate surface area is 234 Å². The van der Waals surface area contributed by atoms with Crippen LogP contribution in [0.1, 0.15) is 64.1 Å². The van der Waals surface area contributed by atoms with Crippen molar-refractivity contribution in [2.45, 2.75) is 72.1 Å². The summed E-state index contributed by atoms with van der Waals surface area (Å²) < 4.78 is 19.3. The lowest BCUT2D eigenvalue weighted by Crippen LogP contribution is -2.49. The molecule has 40 heavy (non-hydrogen) atoms. The second-order valence-corrected chi connectivity index (χ2v) is 11.0. The molecule has 1 aliphatic rings. The number of alkyl carbamates (subject to hydrolysis) is 1. The molecule has 4 amide bonds. The Balaban J connectivity index is 1.61. The molecular weight excluding hydrogens is 515 g/mol. The fourth-order valence-electron chi connectivity index (χ4n) is 4.61. The van der Waals surface area contributed by atoms with E-state index in [0.29, 0.717) is 24.2 Å². The molecule has 10 heteroatoms. The van der Waals surface area contributed by atoms with Crippen LogP contribution in [-0.4, -0.2) is 54.0 Å². The number of hydrogen-bond acceptors (Lipinski definition) is 5. The van der Waals surface area contributed by atoms with Gasteiger partial charge in [0.15, 0.2) is 0 Å². The second kappa shape index (κ2) is 13.4. The van der Waals surface area contributed by atoms with Crippen molar-refractivity contribution in [1.29, 1.82) is 0 Å². The average molecular weight is 555 g/mol. The molecule has 0 radical (unpaired) electrons. The number of hydrogen-bond donors (Lipinski definition) is 3. The molecule has 0 spiro atoms. The van der Waals surface area contributed by atoms with Crippen LogP contribution in [0, 0.1) is 18.2 Å². The van der Waals surface area contributed by atoms with Crippen LogP contribution in [-0.2, 0) is 14.3 Å². The summed E-state index contributed by atoms with van der Waals surface area (Å²) in [6.45, 7) is 9.63. The van der Waals surface area contributed by atoms with Gasteiger partial charge >= 0.3 is 12.1 Å². The summed E-state index contributed by atoms with van der Waals surface area (Å²) in [4.78, 5) is 53.1. The Morgan fingerprint density at radius 3 is 2.48 bits per heavy atom. The number of urea groups is 1. The number of unbranched alkanes of at least 4 members (excludes halogenated alkanes) is 1. The first-order chi connectivity index (χ1) is 18.9. The van der Waals surface area contributed by atoms with E-state index in [1.807, 2.05) is 51.1 Å². The number of benzene rings is 2. The van der Waals surface area contributed by atoms with Crippen LogP contribution in [0.15, 0.2) is 48.5 Å². The molecule has 9 nitrogen and oxygen atoms in total. The third kappa shape index (κ3) is 8.03. The van der Waals surface area contributed by atoms with E-state index >= 15 is 0 Å². The number of Topliss-reactive ketones (excluding diaryl/α,β-unsaturated/α-hetero) is 1. The van der Waals surface area contributed by atoms with Crippen molar-refractivity contribution in [3.63, 3.8) is 0 Å². The normalized spacial score (nSPS) is 17.4. The molecule has 2 aromatic carbocycles. The van der Waals surface area contributed by atoms with Gasteiger partial charge in [0, 0.05) is 17.6 Å². The van der Waals surface area contributed by atoms with Crippen LogP contribution in [0.3, 0.4) is 0 Å². The number of ether oxygens (including phenoxy) is 1. The van der Waals surface area contributed by atoms with Crippen molar-refractivity contribution in [2.24, 2.45) is 5.41 Å². The molecule has 0 saturated carbocycles. The maximum atomic E-state index is 13.7. The highest BCUT2D eigenvalue weighted by Gasteiger charge is 2.44. The number of halogens is 1. The summed E-state index contributed by atoms with van der Waals surface area (Å²) in [5.41, 5.74) is 1.34. The molecule has 0 aliphatic carbocycles. The van der Waals surface area contributed by atoms with Crippen molar-refractivity contribution < 1.29 is 28.3 Å². The fraction of sp³-hybridized carbons (Fsp3) is 0.467. The zero-order valence-electron chi connectivity index (χ0n) is 23.8. The molecule has 1 aliphatic heterocycles. The Bertz CT molecular complexity index is 1220. The van der Waals surface area contributed by atoms with Crippen molar-refractivity contribution in [1.82, 2.24) is 15.5 Å². The molecular formula is C30H39FN4O5. The van der Waals surface area contributed by atoms with E-state index in [4.69, 9.17) is 4.74 Å². The Morgan fingerprint density at radius 1 is 1.10 bits per heavy atom. The van der Waals surface area contributed by atoms with Gasteiger partial charge in [0.1, 0.15) is 18.0 Å². The molecule has 0 aromatic heterocycles. The van der Waals surface area contributed by atoms with Gasteiger partial charge in [-0.3, -0.25) is 9.59 Å². The predicted octanol–water partition coefficient (Wildman–Crippen LogP) is 5.11. The van der Waals surface area contributed by atoms with E-state index in [0.717, 1.165) is 12.0 Å². The summed E-state index contributed by atoms with van der Waals surface area (Å²) in [5.74, 6) is -1.99. The number of nitrogens with one attached hydrogen (secondary N) is 3. The highest BCUT2D eigenvalue weighted by atomic mass is 19.1. The van der Waals surface area contributed by atoms with E-state index in [1.54, 1.807) is 19.9 Å². The monoisotopic (exact) mass is 554 g/mol. The summed E-state index contributed by atoms with van der Waals surface area (Å²) in [7, 11) is 0. The maximum absolute atomic E-state index is 13.7. The van der Waals surface area contributed by atoms with Crippen molar-refractivity contribution in [3.05, 3.63) is 65.5 Å². The van der Waals surface area contributed by atoms with Gasteiger partial charge in [-0.25, -0.2) is 14.0 Å². The minimum Gasteiger partial charge on any atom is -0.444 e. The number of ketones is 1. The van der Waals surface area contributed by atoms with E-state index in [-0.39, 0.29) is 19.0 Å². The Morgan fingerprint density at radius 2 is 1.80 bits per heavy atom. The third-order valence-electron chi connectivity index (χ3n) is 7.16. The summed E-state index contributed by atoms with van der Waals surface area (Å²) in [5, 5.41) is 7.99. The number of rotatable bonds is 10. The number of amides is 4. The van der Waals surface area contributed by atoms with Gasteiger partial charge in [-0.1, -0.05) is 70.0 Å².